The first-order valence-corrected chi connectivity index (χ1v) is 9.26. The lowest BCUT2D eigenvalue weighted by Crippen LogP contribution is -2.54. The van der Waals surface area contributed by atoms with E-state index in [0.717, 1.165) is 0 Å². The first-order valence-electron chi connectivity index (χ1n) is 7.65. The zero-order chi connectivity index (χ0) is 16.4. The van der Waals surface area contributed by atoms with Crippen molar-refractivity contribution >= 4 is 21.6 Å². The molecule has 1 fully saturated rings. The van der Waals surface area contributed by atoms with Gasteiger partial charge in [-0.25, -0.2) is 8.42 Å². The van der Waals surface area contributed by atoms with E-state index < -0.39 is 16.1 Å². The van der Waals surface area contributed by atoms with Crippen molar-refractivity contribution in [2.24, 2.45) is 0 Å². The Kier molecular flexibility index (Phi) is 4.45. The van der Waals surface area contributed by atoms with Gasteiger partial charge >= 0.3 is 0 Å². The van der Waals surface area contributed by atoms with Gasteiger partial charge in [0.1, 0.15) is 5.75 Å². The van der Waals surface area contributed by atoms with E-state index in [1.54, 1.807) is 36.1 Å². The molecule has 1 aromatic carbocycles. The van der Waals surface area contributed by atoms with E-state index in [-0.39, 0.29) is 18.2 Å². The second kappa shape index (κ2) is 6.37. The molecule has 8 heteroatoms. The highest BCUT2D eigenvalue weighted by atomic mass is 32.2. The number of carbonyl (C=O) groups excluding carboxylic acids is 1. The van der Waals surface area contributed by atoms with Gasteiger partial charge in [-0.1, -0.05) is 12.1 Å². The molecular formula is C15H20N2O5S. The molecule has 2 aliphatic heterocycles. The molecule has 2 aliphatic rings. The number of anilines is 1. The van der Waals surface area contributed by atoms with Crippen LogP contribution in [0.5, 0.6) is 5.75 Å². The first kappa shape index (κ1) is 16.1. The van der Waals surface area contributed by atoms with Crippen molar-refractivity contribution in [3.8, 4) is 5.75 Å². The highest BCUT2D eigenvalue weighted by Gasteiger charge is 2.37. The van der Waals surface area contributed by atoms with Crippen LogP contribution in [0.15, 0.2) is 24.3 Å². The van der Waals surface area contributed by atoms with Crippen LogP contribution in [0.25, 0.3) is 0 Å². The topological polar surface area (TPSA) is 76.2 Å². The van der Waals surface area contributed by atoms with Gasteiger partial charge in [-0.05, 0) is 19.1 Å². The number of amides is 1. The summed E-state index contributed by atoms with van der Waals surface area (Å²) in [7, 11) is -3.47. The van der Waals surface area contributed by atoms with Crippen molar-refractivity contribution in [3.63, 3.8) is 0 Å². The van der Waals surface area contributed by atoms with E-state index in [0.29, 0.717) is 37.7 Å². The summed E-state index contributed by atoms with van der Waals surface area (Å²) in [5.41, 5.74) is 0.486. The van der Waals surface area contributed by atoms with Crippen LogP contribution < -0.4 is 9.04 Å². The summed E-state index contributed by atoms with van der Waals surface area (Å²) in [4.78, 5) is 14.3. The average Bonchev–Trinajstić information content (AvgIpc) is 2.60. The summed E-state index contributed by atoms with van der Waals surface area (Å²) in [6.45, 7) is 3.58. The Morgan fingerprint density at radius 2 is 1.96 bits per heavy atom. The van der Waals surface area contributed by atoms with Gasteiger partial charge in [-0.2, -0.15) is 0 Å². The highest BCUT2D eigenvalue weighted by molar-refractivity contribution is 7.92. The number of para-hydroxylation sites is 2. The lowest BCUT2D eigenvalue weighted by molar-refractivity contribution is -0.142. The summed E-state index contributed by atoms with van der Waals surface area (Å²) in [6, 6.07) is 6.89. The number of benzene rings is 1. The largest absolute Gasteiger partial charge is 0.476 e. The van der Waals surface area contributed by atoms with Crippen LogP contribution >= 0.6 is 0 Å². The van der Waals surface area contributed by atoms with E-state index in [9.17, 15) is 13.2 Å². The minimum absolute atomic E-state index is 0.00335. The molecule has 3 rings (SSSR count). The Morgan fingerprint density at radius 1 is 1.26 bits per heavy atom. The zero-order valence-electron chi connectivity index (χ0n) is 13.0. The standard InChI is InChI=1S/C15H20N2O5S/c1-2-23(19,20)17-11-14(15(18)16-7-9-21-10-8-16)22-13-6-4-3-5-12(13)17/h3-6,14H,2,7-11H2,1H3. The molecule has 0 spiro atoms. The van der Waals surface area contributed by atoms with Crippen molar-refractivity contribution in [1.82, 2.24) is 4.90 Å². The van der Waals surface area contributed by atoms with E-state index in [4.69, 9.17) is 9.47 Å². The molecule has 0 aromatic heterocycles. The number of carbonyl (C=O) groups is 1. The molecule has 0 radical (unpaired) electrons. The molecule has 126 valence electrons. The van der Waals surface area contributed by atoms with Gasteiger partial charge in [-0.15, -0.1) is 0 Å². The maximum absolute atomic E-state index is 12.6. The average molecular weight is 340 g/mol. The first-order chi connectivity index (χ1) is 11.0. The predicted octanol–water partition coefficient (Wildman–Crippen LogP) is 0.463. The second-order valence-electron chi connectivity index (χ2n) is 5.44. The van der Waals surface area contributed by atoms with Gasteiger partial charge in [0.2, 0.25) is 10.0 Å². The maximum atomic E-state index is 12.6. The molecule has 1 saturated heterocycles. The van der Waals surface area contributed by atoms with Gasteiger partial charge in [0.05, 0.1) is 31.2 Å². The third-order valence-electron chi connectivity index (χ3n) is 4.03. The highest BCUT2D eigenvalue weighted by Crippen LogP contribution is 2.35. The molecule has 0 saturated carbocycles. The van der Waals surface area contributed by atoms with Crippen molar-refractivity contribution in [2.75, 3.05) is 42.9 Å². The monoisotopic (exact) mass is 340 g/mol. The van der Waals surface area contributed by atoms with Gasteiger partial charge in [-0.3, -0.25) is 9.10 Å². The molecule has 1 aromatic rings. The minimum Gasteiger partial charge on any atom is -0.476 e. The number of sulfonamides is 1. The Balaban J connectivity index is 1.89. The maximum Gasteiger partial charge on any atom is 0.265 e. The summed E-state index contributed by atoms with van der Waals surface area (Å²) in [5, 5.41) is 0. The molecule has 1 amide bonds. The fourth-order valence-electron chi connectivity index (χ4n) is 2.74. The van der Waals surface area contributed by atoms with Crippen LogP contribution in [-0.4, -0.2) is 63.9 Å². The van der Waals surface area contributed by atoms with E-state index in [1.165, 1.54) is 4.31 Å². The molecule has 7 nitrogen and oxygen atoms in total. The fourth-order valence-corrected chi connectivity index (χ4v) is 3.86. The number of hydrogen-bond acceptors (Lipinski definition) is 5. The molecule has 1 atom stereocenters. The lowest BCUT2D eigenvalue weighted by atomic mass is 10.2. The van der Waals surface area contributed by atoms with Crippen molar-refractivity contribution in [3.05, 3.63) is 24.3 Å². The zero-order valence-corrected chi connectivity index (χ0v) is 13.8. The molecule has 0 N–H and O–H groups in total. The SMILES string of the molecule is CCS(=O)(=O)N1CC(C(=O)N2CCOCC2)Oc2ccccc21. The van der Waals surface area contributed by atoms with Gasteiger partial charge < -0.3 is 14.4 Å². The summed E-state index contributed by atoms with van der Waals surface area (Å²) in [5.74, 6) is 0.196. The summed E-state index contributed by atoms with van der Waals surface area (Å²) in [6.07, 6.45) is -0.829. The summed E-state index contributed by atoms with van der Waals surface area (Å²) < 4.78 is 37.1. The quantitative estimate of drug-likeness (QED) is 0.799. The van der Waals surface area contributed by atoms with Crippen LogP contribution in [-0.2, 0) is 19.6 Å². The van der Waals surface area contributed by atoms with Crippen LogP contribution in [0, 0.1) is 0 Å². The van der Waals surface area contributed by atoms with Gasteiger partial charge in [0.15, 0.2) is 6.10 Å². The Bertz CT molecular complexity index is 685. The molecule has 23 heavy (non-hydrogen) atoms. The fraction of sp³-hybridized carbons (Fsp3) is 0.533. The number of morpholine rings is 1. The molecular weight excluding hydrogens is 320 g/mol. The van der Waals surface area contributed by atoms with Gasteiger partial charge in [0.25, 0.3) is 5.91 Å². The predicted molar refractivity (Wildman–Crippen MR) is 85.1 cm³/mol. The number of fused-ring (bicyclic) bond motifs is 1. The Hall–Kier alpha value is -1.80. The molecule has 1 unspecified atom stereocenters. The number of rotatable bonds is 3. The van der Waals surface area contributed by atoms with Crippen LogP contribution in [0.1, 0.15) is 6.92 Å². The van der Waals surface area contributed by atoms with Crippen LogP contribution in [0.4, 0.5) is 5.69 Å². The third kappa shape index (κ3) is 3.13. The third-order valence-corrected chi connectivity index (χ3v) is 5.78. The van der Waals surface area contributed by atoms with E-state index in [1.807, 2.05) is 0 Å². The van der Waals surface area contributed by atoms with Crippen molar-refractivity contribution < 1.29 is 22.7 Å². The lowest BCUT2D eigenvalue weighted by Gasteiger charge is -2.37. The van der Waals surface area contributed by atoms with Crippen LogP contribution in [0.3, 0.4) is 0 Å². The summed E-state index contributed by atoms with van der Waals surface area (Å²) >= 11 is 0. The van der Waals surface area contributed by atoms with E-state index >= 15 is 0 Å². The van der Waals surface area contributed by atoms with Crippen LogP contribution in [0.2, 0.25) is 0 Å². The van der Waals surface area contributed by atoms with Crippen molar-refractivity contribution in [2.45, 2.75) is 13.0 Å². The molecule has 0 bridgehead atoms. The van der Waals surface area contributed by atoms with Crippen molar-refractivity contribution in [1.29, 1.82) is 0 Å². The number of hydrogen-bond donors (Lipinski definition) is 0. The Labute approximate surface area is 135 Å². The number of nitrogens with zero attached hydrogens (tertiary/aromatic N) is 2. The minimum atomic E-state index is -3.47. The molecule has 0 aliphatic carbocycles. The van der Waals surface area contributed by atoms with Gasteiger partial charge in [0, 0.05) is 13.1 Å². The number of ether oxygens (including phenoxy) is 2. The second-order valence-corrected chi connectivity index (χ2v) is 7.63. The molecule has 2 heterocycles. The normalized spacial score (nSPS) is 21.5. The van der Waals surface area contributed by atoms with E-state index in [2.05, 4.69) is 0 Å². The smallest absolute Gasteiger partial charge is 0.265 e. The Morgan fingerprint density at radius 3 is 2.65 bits per heavy atom.